The first-order valence-electron chi connectivity index (χ1n) is 7.16. The molecule has 0 aliphatic heterocycles. The molecule has 26 heavy (non-hydrogen) atoms. The number of rotatable bonds is 12. The molecule has 0 rings (SSSR count). The molecular formula is C17H20O9. The molecule has 0 spiro atoms. The molecular weight excluding hydrogens is 348 g/mol. The lowest BCUT2D eigenvalue weighted by Crippen LogP contribution is -2.42. The lowest BCUT2D eigenvalue weighted by Gasteiger charge is -2.29. The normalized spacial score (nSPS) is 10.7. The molecule has 0 aromatic rings. The predicted octanol–water partition coefficient (Wildman–Crippen LogP) is 0.164. The molecule has 0 heterocycles. The molecule has 0 aliphatic carbocycles. The van der Waals surface area contributed by atoms with Gasteiger partial charge in [0.2, 0.25) is 0 Å². The Balaban J connectivity index is 5.03. The van der Waals surface area contributed by atoms with Gasteiger partial charge in [-0.3, -0.25) is 0 Å². The van der Waals surface area contributed by atoms with Gasteiger partial charge in [0.25, 0.3) is 0 Å². The largest absolute Gasteiger partial charge is 0.478 e. The van der Waals surface area contributed by atoms with E-state index in [1.807, 2.05) is 0 Å². The second kappa shape index (κ2) is 11.4. The number of aliphatic carboxylic acids is 1. The summed E-state index contributed by atoms with van der Waals surface area (Å²) in [7, 11) is 0. The number of aliphatic hydroxyl groups is 1. The third-order valence-electron chi connectivity index (χ3n) is 2.93. The Morgan fingerprint density at radius 2 is 1.27 bits per heavy atom. The summed E-state index contributed by atoms with van der Waals surface area (Å²) in [5.41, 5.74) is -1.76. The van der Waals surface area contributed by atoms with Crippen molar-refractivity contribution < 1.29 is 43.6 Å². The molecule has 0 saturated carbocycles. The maximum Gasteiger partial charge on any atom is 0.335 e. The van der Waals surface area contributed by atoms with Gasteiger partial charge >= 0.3 is 23.9 Å². The van der Waals surface area contributed by atoms with E-state index in [4.69, 9.17) is 19.3 Å². The van der Waals surface area contributed by atoms with Crippen LogP contribution in [0.1, 0.15) is 0 Å². The van der Waals surface area contributed by atoms with Crippen molar-refractivity contribution >= 4 is 23.9 Å². The number of carbonyl (C=O) groups excluding carboxylic acids is 3. The fraction of sp³-hybridized carbons (Fsp3) is 0.294. The molecule has 9 heteroatoms. The van der Waals surface area contributed by atoms with E-state index in [0.717, 1.165) is 24.3 Å². The van der Waals surface area contributed by atoms with Gasteiger partial charge in [0.1, 0.15) is 19.8 Å². The Kier molecular flexibility index (Phi) is 9.97. The van der Waals surface area contributed by atoms with E-state index in [1.54, 1.807) is 0 Å². The topological polar surface area (TPSA) is 136 Å². The van der Waals surface area contributed by atoms with Gasteiger partial charge in [0.15, 0.2) is 0 Å². The monoisotopic (exact) mass is 368 g/mol. The van der Waals surface area contributed by atoms with Crippen LogP contribution in [-0.2, 0) is 33.4 Å². The fourth-order valence-electron chi connectivity index (χ4n) is 1.34. The van der Waals surface area contributed by atoms with Crippen molar-refractivity contribution in [3.63, 3.8) is 0 Å². The molecule has 142 valence electrons. The zero-order valence-corrected chi connectivity index (χ0v) is 14.0. The van der Waals surface area contributed by atoms with Crippen LogP contribution in [0, 0.1) is 5.41 Å². The predicted molar refractivity (Wildman–Crippen MR) is 88.7 cm³/mol. The van der Waals surface area contributed by atoms with E-state index in [9.17, 15) is 24.3 Å². The van der Waals surface area contributed by atoms with E-state index >= 15 is 0 Å². The first-order valence-corrected chi connectivity index (χ1v) is 7.16. The molecule has 0 atom stereocenters. The summed E-state index contributed by atoms with van der Waals surface area (Å²) in [6.07, 6.45) is 3.54. The van der Waals surface area contributed by atoms with Gasteiger partial charge in [-0.2, -0.15) is 0 Å². The Bertz CT molecular complexity index is 592. The van der Waals surface area contributed by atoms with Gasteiger partial charge in [-0.1, -0.05) is 19.7 Å². The van der Waals surface area contributed by atoms with Crippen LogP contribution in [0.2, 0.25) is 0 Å². The van der Waals surface area contributed by atoms with Crippen LogP contribution in [-0.4, -0.2) is 60.5 Å². The first kappa shape index (κ1) is 22.8. The summed E-state index contributed by atoms with van der Waals surface area (Å²) in [6.45, 7) is 7.63. The minimum atomic E-state index is -1.43. The number of aliphatic hydroxyl groups excluding tert-OH is 1. The van der Waals surface area contributed by atoms with Crippen molar-refractivity contribution in [1.82, 2.24) is 0 Å². The summed E-state index contributed by atoms with van der Waals surface area (Å²) >= 11 is 0. The second-order valence-corrected chi connectivity index (χ2v) is 5.05. The number of carbonyl (C=O) groups is 4. The standard InChI is InChI=1S/C17H20O9/c1-4-13(19)24-9-17(8-18,10-25-14(20)5-2)11-26-15(21)7-6-12(3)16(22)23/h4-7,18H,1-3,8-11H2,(H,22,23). The third-order valence-corrected chi connectivity index (χ3v) is 2.93. The van der Waals surface area contributed by atoms with E-state index in [1.165, 1.54) is 0 Å². The number of carboxylic acids is 1. The van der Waals surface area contributed by atoms with Crippen molar-refractivity contribution in [3.8, 4) is 0 Å². The molecule has 0 aliphatic rings. The third kappa shape index (κ3) is 8.60. The van der Waals surface area contributed by atoms with Crippen LogP contribution in [0.15, 0.2) is 49.6 Å². The van der Waals surface area contributed by atoms with Crippen molar-refractivity contribution in [1.29, 1.82) is 0 Å². The van der Waals surface area contributed by atoms with Crippen LogP contribution < -0.4 is 0 Å². The van der Waals surface area contributed by atoms with Crippen molar-refractivity contribution in [2.45, 2.75) is 0 Å². The van der Waals surface area contributed by atoms with Gasteiger partial charge in [-0.05, 0) is 6.08 Å². The fourth-order valence-corrected chi connectivity index (χ4v) is 1.34. The second-order valence-electron chi connectivity index (χ2n) is 5.05. The SMILES string of the molecule is C=CC(=O)OCC(CO)(COC(=O)C=C)COC(=O)C=CC(=C)C(=O)O. The minimum Gasteiger partial charge on any atom is -0.478 e. The highest BCUT2D eigenvalue weighted by Gasteiger charge is 2.35. The van der Waals surface area contributed by atoms with Gasteiger partial charge in [0.05, 0.1) is 17.6 Å². The van der Waals surface area contributed by atoms with Gasteiger partial charge in [-0.15, -0.1) is 0 Å². The zero-order chi connectivity index (χ0) is 20.2. The molecule has 0 unspecified atom stereocenters. The van der Waals surface area contributed by atoms with Crippen LogP contribution in [0.4, 0.5) is 0 Å². The average molecular weight is 368 g/mol. The molecule has 0 fully saturated rings. The summed E-state index contributed by atoms with van der Waals surface area (Å²) in [5, 5.41) is 18.2. The van der Waals surface area contributed by atoms with Crippen LogP contribution >= 0.6 is 0 Å². The molecule has 9 nitrogen and oxygen atoms in total. The Morgan fingerprint density at radius 1 is 0.846 bits per heavy atom. The summed E-state index contributed by atoms with van der Waals surface area (Å²) in [5.74, 6) is -3.83. The van der Waals surface area contributed by atoms with Crippen molar-refractivity contribution in [2.75, 3.05) is 26.4 Å². The van der Waals surface area contributed by atoms with E-state index in [0.29, 0.717) is 0 Å². The quantitative estimate of drug-likeness (QED) is 0.214. The van der Waals surface area contributed by atoms with Gasteiger partial charge < -0.3 is 24.4 Å². The summed E-state index contributed by atoms with van der Waals surface area (Å²) < 4.78 is 14.6. The Morgan fingerprint density at radius 3 is 1.62 bits per heavy atom. The van der Waals surface area contributed by atoms with E-state index in [-0.39, 0.29) is 5.57 Å². The number of esters is 3. The van der Waals surface area contributed by atoms with Gasteiger partial charge in [0, 0.05) is 18.2 Å². The highest BCUT2D eigenvalue weighted by Crippen LogP contribution is 2.19. The summed E-state index contributed by atoms with van der Waals surface area (Å²) in [6, 6.07) is 0. The maximum atomic E-state index is 11.6. The zero-order valence-electron chi connectivity index (χ0n) is 14.0. The lowest BCUT2D eigenvalue weighted by molar-refractivity contribution is -0.159. The lowest BCUT2D eigenvalue weighted by atomic mass is 9.92. The van der Waals surface area contributed by atoms with Crippen molar-refractivity contribution in [2.24, 2.45) is 5.41 Å². The van der Waals surface area contributed by atoms with E-state index in [2.05, 4.69) is 19.7 Å². The Hall–Kier alpha value is -3.20. The number of carboxylic acid groups (broad SMARTS) is 1. The number of hydrogen-bond donors (Lipinski definition) is 2. The van der Waals surface area contributed by atoms with E-state index < -0.39 is 55.7 Å². The molecule has 0 bridgehead atoms. The number of ether oxygens (including phenoxy) is 3. The minimum absolute atomic E-state index is 0.338. The smallest absolute Gasteiger partial charge is 0.335 e. The van der Waals surface area contributed by atoms with Crippen LogP contribution in [0.25, 0.3) is 0 Å². The molecule has 0 amide bonds. The molecule has 0 radical (unpaired) electrons. The average Bonchev–Trinajstić information content (AvgIpc) is 2.64. The first-order chi connectivity index (χ1) is 12.2. The molecule has 2 N–H and O–H groups in total. The van der Waals surface area contributed by atoms with Crippen LogP contribution in [0.5, 0.6) is 0 Å². The summed E-state index contributed by atoms with van der Waals surface area (Å²) in [4.78, 5) is 44.7. The molecule has 0 aromatic carbocycles. The molecule has 0 saturated heterocycles. The highest BCUT2D eigenvalue weighted by atomic mass is 16.6. The highest BCUT2D eigenvalue weighted by molar-refractivity contribution is 5.92. The molecule has 0 aromatic heterocycles. The van der Waals surface area contributed by atoms with Crippen molar-refractivity contribution in [3.05, 3.63) is 49.6 Å². The Labute approximate surface area is 149 Å². The maximum absolute atomic E-state index is 11.6. The number of hydrogen-bond acceptors (Lipinski definition) is 8. The van der Waals surface area contributed by atoms with Gasteiger partial charge in [-0.25, -0.2) is 19.2 Å². The van der Waals surface area contributed by atoms with Crippen LogP contribution in [0.3, 0.4) is 0 Å².